The van der Waals surface area contributed by atoms with Gasteiger partial charge < -0.3 is 0 Å². The second kappa shape index (κ2) is 4.24. The van der Waals surface area contributed by atoms with Crippen molar-refractivity contribution in [2.75, 3.05) is 26.2 Å². The number of hydrogen-bond donors (Lipinski definition) is 0. The van der Waals surface area contributed by atoms with Crippen LogP contribution >= 0.6 is 0 Å². The molecule has 1 aliphatic heterocycles. The Labute approximate surface area is 76.5 Å². The predicted octanol–water partition coefficient (Wildman–Crippen LogP) is 1.42. The molecule has 1 fully saturated rings. The van der Waals surface area contributed by atoms with Gasteiger partial charge in [0, 0.05) is 38.3 Å². The zero-order valence-electron chi connectivity index (χ0n) is 8.88. The Morgan fingerprint density at radius 1 is 0.667 bits per heavy atom. The highest BCUT2D eigenvalue weighted by molar-refractivity contribution is 4.75. The van der Waals surface area contributed by atoms with E-state index in [-0.39, 0.29) is 0 Å². The van der Waals surface area contributed by atoms with Crippen molar-refractivity contribution in [3.63, 3.8) is 0 Å². The number of nitrogens with zero attached hydrogens (tertiary/aromatic N) is 2. The summed E-state index contributed by atoms with van der Waals surface area (Å²) in [4.78, 5) is 5.11. The van der Waals surface area contributed by atoms with Crippen molar-refractivity contribution in [3.05, 3.63) is 0 Å². The van der Waals surface area contributed by atoms with Gasteiger partial charge >= 0.3 is 0 Å². The highest BCUT2D eigenvalue weighted by atomic mass is 15.3. The minimum atomic E-state index is 0.722. The lowest BCUT2D eigenvalue weighted by atomic mass is 10.2. The highest BCUT2D eigenvalue weighted by Crippen LogP contribution is 2.07. The SMILES string of the molecule is CC(C)N1CCN(C(C)C)CC1. The molecule has 0 unspecified atom stereocenters. The van der Waals surface area contributed by atoms with E-state index < -0.39 is 0 Å². The van der Waals surface area contributed by atoms with Crippen LogP contribution in [0.25, 0.3) is 0 Å². The Morgan fingerprint density at radius 2 is 0.917 bits per heavy atom. The molecule has 0 spiro atoms. The molecular formula is C10H22N2. The lowest BCUT2D eigenvalue weighted by Gasteiger charge is -2.38. The van der Waals surface area contributed by atoms with Crippen LogP contribution in [0.3, 0.4) is 0 Å². The summed E-state index contributed by atoms with van der Waals surface area (Å²) in [7, 11) is 0. The number of hydrogen-bond acceptors (Lipinski definition) is 2. The Bertz CT molecular complexity index is 108. The molecule has 0 aliphatic carbocycles. The second-order valence-corrected chi connectivity index (χ2v) is 4.26. The molecule has 0 N–H and O–H groups in total. The third-order valence-electron chi connectivity index (χ3n) is 2.81. The zero-order chi connectivity index (χ0) is 9.14. The van der Waals surface area contributed by atoms with E-state index in [1.54, 1.807) is 0 Å². The molecule has 12 heavy (non-hydrogen) atoms. The quantitative estimate of drug-likeness (QED) is 0.618. The highest BCUT2D eigenvalue weighted by Gasteiger charge is 2.19. The first kappa shape index (κ1) is 10.0. The molecule has 0 aromatic rings. The lowest BCUT2D eigenvalue weighted by molar-refractivity contribution is 0.0887. The van der Waals surface area contributed by atoms with Crippen molar-refractivity contribution < 1.29 is 0 Å². The lowest BCUT2D eigenvalue weighted by Crippen LogP contribution is -2.50. The fraction of sp³-hybridized carbons (Fsp3) is 1.00. The van der Waals surface area contributed by atoms with Gasteiger partial charge in [-0.3, -0.25) is 9.80 Å². The van der Waals surface area contributed by atoms with E-state index in [9.17, 15) is 0 Å². The van der Waals surface area contributed by atoms with Crippen molar-refractivity contribution in [1.82, 2.24) is 9.80 Å². The molecule has 0 aromatic carbocycles. The maximum absolute atomic E-state index is 2.55. The molecule has 0 radical (unpaired) electrons. The van der Waals surface area contributed by atoms with Gasteiger partial charge in [-0.1, -0.05) is 0 Å². The van der Waals surface area contributed by atoms with Crippen LogP contribution in [0.2, 0.25) is 0 Å². The summed E-state index contributed by atoms with van der Waals surface area (Å²) in [5.41, 5.74) is 0. The summed E-state index contributed by atoms with van der Waals surface area (Å²) < 4.78 is 0. The van der Waals surface area contributed by atoms with Crippen LogP contribution in [0.4, 0.5) is 0 Å². The molecule has 1 rings (SSSR count). The third-order valence-corrected chi connectivity index (χ3v) is 2.81. The normalized spacial score (nSPS) is 22.5. The topological polar surface area (TPSA) is 6.48 Å². The minimum absolute atomic E-state index is 0.722. The van der Waals surface area contributed by atoms with Gasteiger partial charge in [-0.2, -0.15) is 0 Å². The Morgan fingerprint density at radius 3 is 1.08 bits per heavy atom. The Balaban J connectivity index is 2.30. The summed E-state index contributed by atoms with van der Waals surface area (Å²) in [6.45, 7) is 14.1. The van der Waals surface area contributed by atoms with Crippen LogP contribution in [0.1, 0.15) is 27.7 Å². The minimum Gasteiger partial charge on any atom is -0.298 e. The van der Waals surface area contributed by atoms with Crippen LogP contribution in [-0.2, 0) is 0 Å². The van der Waals surface area contributed by atoms with Gasteiger partial charge in [0.15, 0.2) is 0 Å². The van der Waals surface area contributed by atoms with Gasteiger partial charge in [-0.25, -0.2) is 0 Å². The van der Waals surface area contributed by atoms with Gasteiger partial charge in [-0.15, -0.1) is 0 Å². The second-order valence-electron chi connectivity index (χ2n) is 4.26. The number of piperazine rings is 1. The molecule has 2 nitrogen and oxygen atoms in total. The van der Waals surface area contributed by atoms with Crippen LogP contribution in [0.5, 0.6) is 0 Å². The molecule has 0 aromatic heterocycles. The molecule has 0 atom stereocenters. The van der Waals surface area contributed by atoms with E-state index in [4.69, 9.17) is 0 Å². The molecule has 72 valence electrons. The van der Waals surface area contributed by atoms with E-state index in [0.29, 0.717) is 0 Å². The molecule has 2 heteroatoms. The van der Waals surface area contributed by atoms with Gasteiger partial charge in [0.25, 0.3) is 0 Å². The van der Waals surface area contributed by atoms with E-state index in [1.807, 2.05) is 0 Å². The van der Waals surface area contributed by atoms with Gasteiger partial charge in [0.05, 0.1) is 0 Å². The first-order valence-corrected chi connectivity index (χ1v) is 5.09. The summed E-state index contributed by atoms with van der Waals surface area (Å²) in [5.74, 6) is 0. The molecule has 0 amide bonds. The van der Waals surface area contributed by atoms with Crippen molar-refractivity contribution in [1.29, 1.82) is 0 Å². The van der Waals surface area contributed by atoms with Gasteiger partial charge in [0.1, 0.15) is 0 Å². The molecule has 1 aliphatic rings. The smallest absolute Gasteiger partial charge is 0.0113 e. The fourth-order valence-corrected chi connectivity index (χ4v) is 1.77. The maximum atomic E-state index is 2.55. The summed E-state index contributed by atoms with van der Waals surface area (Å²) in [5, 5.41) is 0. The first-order valence-electron chi connectivity index (χ1n) is 5.09. The maximum Gasteiger partial charge on any atom is 0.0113 e. The van der Waals surface area contributed by atoms with Crippen molar-refractivity contribution in [2.24, 2.45) is 0 Å². The molecule has 0 saturated carbocycles. The Kier molecular flexibility index (Phi) is 3.53. The fourth-order valence-electron chi connectivity index (χ4n) is 1.77. The largest absolute Gasteiger partial charge is 0.298 e. The van der Waals surface area contributed by atoms with Crippen LogP contribution < -0.4 is 0 Å². The monoisotopic (exact) mass is 170 g/mol. The van der Waals surface area contributed by atoms with E-state index in [2.05, 4.69) is 37.5 Å². The van der Waals surface area contributed by atoms with Crippen molar-refractivity contribution in [3.8, 4) is 0 Å². The molecule has 0 bridgehead atoms. The average molecular weight is 170 g/mol. The van der Waals surface area contributed by atoms with Crippen LogP contribution in [0.15, 0.2) is 0 Å². The molecule has 1 saturated heterocycles. The van der Waals surface area contributed by atoms with Gasteiger partial charge in [0.2, 0.25) is 0 Å². The molecule has 1 heterocycles. The standard InChI is InChI=1S/C10H22N2/c1-9(2)11-5-7-12(8-6-11)10(3)4/h9-10H,5-8H2,1-4H3. The summed E-state index contributed by atoms with van der Waals surface area (Å²) in [6, 6.07) is 1.44. The molecular weight excluding hydrogens is 148 g/mol. The average Bonchev–Trinajstić information content (AvgIpc) is 2.04. The van der Waals surface area contributed by atoms with Crippen molar-refractivity contribution >= 4 is 0 Å². The zero-order valence-corrected chi connectivity index (χ0v) is 8.88. The first-order chi connectivity index (χ1) is 5.61. The third kappa shape index (κ3) is 2.46. The Hall–Kier alpha value is -0.0800. The van der Waals surface area contributed by atoms with E-state index >= 15 is 0 Å². The van der Waals surface area contributed by atoms with Gasteiger partial charge in [-0.05, 0) is 27.7 Å². The summed E-state index contributed by atoms with van der Waals surface area (Å²) >= 11 is 0. The summed E-state index contributed by atoms with van der Waals surface area (Å²) in [6.07, 6.45) is 0. The van der Waals surface area contributed by atoms with Crippen LogP contribution in [0, 0.1) is 0 Å². The van der Waals surface area contributed by atoms with E-state index in [0.717, 1.165) is 12.1 Å². The van der Waals surface area contributed by atoms with E-state index in [1.165, 1.54) is 26.2 Å². The van der Waals surface area contributed by atoms with Crippen LogP contribution in [-0.4, -0.2) is 48.1 Å². The van der Waals surface area contributed by atoms with Crippen molar-refractivity contribution in [2.45, 2.75) is 39.8 Å². The predicted molar refractivity (Wildman–Crippen MR) is 53.4 cm³/mol. The number of rotatable bonds is 2.